The molecule has 0 saturated carbocycles. The maximum Gasteiger partial charge on any atom is 0.269 e. The molecule has 0 radical (unpaired) electrons. The molecule has 0 saturated heterocycles. The van der Waals surface area contributed by atoms with E-state index in [0.29, 0.717) is 28.9 Å². The van der Waals surface area contributed by atoms with Crippen LogP contribution in [0.4, 0.5) is 5.82 Å². The molecule has 0 N–H and O–H groups in total. The highest BCUT2D eigenvalue weighted by atomic mass is 35.5. The van der Waals surface area contributed by atoms with Crippen LogP contribution in [0.15, 0.2) is 90.4 Å². The Kier molecular flexibility index (Phi) is 6.42. The Morgan fingerprint density at radius 1 is 0.933 bits per heavy atom. The van der Waals surface area contributed by atoms with Crippen LogP contribution in [0.1, 0.15) is 20.8 Å². The summed E-state index contributed by atoms with van der Waals surface area (Å²) in [6, 6.07) is 24.6. The zero-order valence-electron chi connectivity index (χ0n) is 16.1. The number of anilines is 1. The minimum atomic E-state index is -0.0632. The molecule has 30 heavy (non-hydrogen) atoms. The highest BCUT2D eigenvalue weighted by Gasteiger charge is 2.20. The molecule has 0 bridgehead atoms. The second kappa shape index (κ2) is 9.57. The number of pyridine rings is 1. The molecule has 4 rings (SSSR count). The zero-order chi connectivity index (χ0) is 20.8. The number of nitrogens with zero attached hydrogens (tertiary/aromatic N) is 2. The number of rotatable bonds is 7. The van der Waals surface area contributed by atoms with E-state index in [4.69, 9.17) is 16.3 Å². The lowest BCUT2D eigenvalue weighted by Gasteiger charge is -2.21. The summed E-state index contributed by atoms with van der Waals surface area (Å²) in [6.45, 7) is 0.888. The van der Waals surface area contributed by atoms with Crippen molar-refractivity contribution in [3.05, 3.63) is 111 Å². The number of aromatic nitrogens is 1. The van der Waals surface area contributed by atoms with Crippen LogP contribution >= 0.6 is 22.9 Å². The van der Waals surface area contributed by atoms with Gasteiger partial charge in [0.15, 0.2) is 0 Å². The highest BCUT2D eigenvalue weighted by Crippen LogP contribution is 2.22. The first-order valence-corrected chi connectivity index (χ1v) is 10.7. The predicted molar refractivity (Wildman–Crippen MR) is 121 cm³/mol. The van der Waals surface area contributed by atoms with Gasteiger partial charge in [0.05, 0.1) is 11.4 Å². The maximum absolute atomic E-state index is 13.0. The van der Waals surface area contributed by atoms with Crippen LogP contribution in [0.3, 0.4) is 0 Å². The van der Waals surface area contributed by atoms with Gasteiger partial charge in [-0.15, -0.1) is 11.3 Å². The Hall–Kier alpha value is -3.15. The van der Waals surface area contributed by atoms with Crippen LogP contribution in [0, 0.1) is 0 Å². The first kappa shape index (κ1) is 20.1. The number of carbonyl (C=O) groups is 1. The van der Waals surface area contributed by atoms with Gasteiger partial charge in [-0.3, -0.25) is 9.69 Å². The number of carbonyl (C=O) groups excluding carboxylic acids is 1. The lowest BCUT2D eigenvalue weighted by atomic mass is 10.2. The zero-order valence-corrected chi connectivity index (χ0v) is 17.6. The maximum atomic E-state index is 13.0. The molecule has 0 unspecified atom stereocenters. The number of ether oxygens (including phenoxy) is 1. The summed E-state index contributed by atoms with van der Waals surface area (Å²) >= 11 is 7.34. The van der Waals surface area contributed by atoms with Crippen molar-refractivity contribution in [3.8, 4) is 5.75 Å². The molecule has 0 aliphatic heterocycles. The fourth-order valence-corrected chi connectivity index (χ4v) is 3.72. The fraction of sp³-hybridized carbons (Fsp3) is 0.0833. The van der Waals surface area contributed by atoms with Crippen LogP contribution in [0.25, 0.3) is 0 Å². The van der Waals surface area contributed by atoms with E-state index < -0.39 is 0 Å². The molecule has 6 heteroatoms. The van der Waals surface area contributed by atoms with E-state index >= 15 is 0 Å². The van der Waals surface area contributed by atoms with E-state index in [1.165, 1.54) is 11.3 Å². The second-order valence-corrected chi connectivity index (χ2v) is 8.00. The van der Waals surface area contributed by atoms with E-state index in [-0.39, 0.29) is 5.91 Å². The molecular weight excluding hydrogens is 416 g/mol. The van der Waals surface area contributed by atoms with E-state index in [0.717, 1.165) is 16.9 Å². The first-order valence-electron chi connectivity index (χ1n) is 9.41. The average Bonchev–Trinajstić information content (AvgIpc) is 3.33. The first-order chi connectivity index (χ1) is 14.7. The highest BCUT2D eigenvalue weighted by molar-refractivity contribution is 7.12. The van der Waals surface area contributed by atoms with Crippen LogP contribution in [-0.4, -0.2) is 10.9 Å². The summed E-state index contributed by atoms with van der Waals surface area (Å²) in [7, 11) is 0. The Labute approximate surface area is 184 Å². The quantitative estimate of drug-likeness (QED) is 0.346. The molecular formula is C24H19ClN2O2S. The van der Waals surface area contributed by atoms with Crippen molar-refractivity contribution in [1.29, 1.82) is 0 Å². The van der Waals surface area contributed by atoms with Gasteiger partial charge in [-0.25, -0.2) is 4.98 Å². The number of thiophene rings is 1. The van der Waals surface area contributed by atoms with Crippen LogP contribution in [-0.2, 0) is 13.2 Å². The van der Waals surface area contributed by atoms with Gasteiger partial charge in [0.25, 0.3) is 5.91 Å². The van der Waals surface area contributed by atoms with Gasteiger partial charge in [0.2, 0.25) is 0 Å². The molecule has 150 valence electrons. The van der Waals surface area contributed by atoms with Crippen LogP contribution in [0.5, 0.6) is 5.75 Å². The Morgan fingerprint density at radius 2 is 1.70 bits per heavy atom. The van der Waals surface area contributed by atoms with Crippen molar-refractivity contribution in [3.63, 3.8) is 0 Å². The van der Waals surface area contributed by atoms with Crippen molar-refractivity contribution >= 4 is 34.7 Å². The molecule has 2 aromatic heterocycles. The second-order valence-electron chi connectivity index (χ2n) is 6.62. The third-order valence-electron chi connectivity index (χ3n) is 4.49. The summed E-state index contributed by atoms with van der Waals surface area (Å²) in [6.07, 6.45) is 1.69. The molecule has 2 aromatic carbocycles. The lowest BCUT2D eigenvalue weighted by Crippen LogP contribution is -2.30. The lowest BCUT2D eigenvalue weighted by molar-refractivity contribution is 0.0988. The minimum Gasteiger partial charge on any atom is -0.489 e. The normalized spacial score (nSPS) is 10.6. The van der Waals surface area contributed by atoms with Crippen molar-refractivity contribution in [2.45, 2.75) is 13.2 Å². The van der Waals surface area contributed by atoms with Gasteiger partial charge in [-0.05, 0) is 59.0 Å². The van der Waals surface area contributed by atoms with Crippen molar-refractivity contribution in [2.75, 3.05) is 4.90 Å². The monoisotopic (exact) mass is 434 g/mol. The number of hydrogen-bond acceptors (Lipinski definition) is 4. The Bertz CT molecular complexity index is 1080. The molecule has 0 aliphatic rings. The van der Waals surface area contributed by atoms with E-state index in [1.807, 2.05) is 84.2 Å². The predicted octanol–water partition coefficient (Wildman–Crippen LogP) is 6.22. The van der Waals surface area contributed by atoms with Crippen molar-refractivity contribution in [1.82, 2.24) is 4.98 Å². The SMILES string of the molecule is O=C(c1cccs1)N(Cc1ccc(OCc2ccc(Cl)cc2)cc1)c1ccccn1. The van der Waals surface area contributed by atoms with Gasteiger partial charge in [-0.1, -0.05) is 48.0 Å². The minimum absolute atomic E-state index is 0.0632. The number of hydrogen-bond donors (Lipinski definition) is 0. The largest absolute Gasteiger partial charge is 0.489 e. The van der Waals surface area contributed by atoms with Crippen molar-refractivity contribution < 1.29 is 9.53 Å². The van der Waals surface area contributed by atoms with Crippen LogP contribution < -0.4 is 9.64 Å². The summed E-state index contributed by atoms with van der Waals surface area (Å²) in [4.78, 5) is 19.8. The topological polar surface area (TPSA) is 42.4 Å². The standard InChI is InChI=1S/C24H19ClN2O2S/c25-20-10-6-19(7-11-20)17-29-21-12-8-18(9-13-21)16-27(23-5-1-2-14-26-23)24(28)22-4-3-15-30-22/h1-15H,16-17H2. The van der Waals surface area contributed by atoms with Gasteiger partial charge < -0.3 is 4.74 Å². The summed E-state index contributed by atoms with van der Waals surface area (Å²) in [5, 5.41) is 2.61. The van der Waals surface area contributed by atoms with Gasteiger partial charge in [0, 0.05) is 11.2 Å². The third kappa shape index (κ3) is 5.06. The average molecular weight is 435 g/mol. The Morgan fingerprint density at radius 3 is 2.37 bits per heavy atom. The van der Waals surface area contributed by atoms with E-state index in [1.54, 1.807) is 11.1 Å². The Balaban J connectivity index is 1.46. The van der Waals surface area contributed by atoms with Gasteiger partial charge >= 0.3 is 0 Å². The smallest absolute Gasteiger partial charge is 0.269 e. The number of benzene rings is 2. The third-order valence-corrected chi connectivity index (χ3v) is 5.60. The van der Waals surface area contributed by atoms with Gasteiger partial charge in [-0.2, -0.15) is 0 Å². The van der Waals surface area contributed by atoms with Crippen LogP contribution in [0.2, 0.25) is 5.02 Å². The molecule has 1 amide bonds. The number of amides is 1. The molecule has 4 aromatic rings. The molecule has 4 nitrogen and oxygen atoms in total. The molecule has 2 heterocycles. The van der Waals surface area contributed by atoms with E-state index in [2.05, 4.69) is 4.98 Å². The molecule has 0 aliphatic carbocycles. The summed E-state index contributed by atoms with van der Waals surface area (Å²) in [5.41, 5.74) is 2.04. The van der Waals surface area contributed by atoms with E-state index in [9.17, 15) is 4.79 Å². The van der Waals surface area contributed by atoms with Crippen molar-refractivity contribution in [2.24, 2.45) is 0 Å². The summed E-state index contributed by atoms with van der Waals surface area (Å²) < 4.78 is 5.85. The molecule has 0 atom stereocenters. The molecule has 0 spiro atoms. The molecule has 0 fully saturated rings. The summed E-state index contributed by atoms with van der Waals surface area (Å²) in [5.74, 6) is 1.33. The fourth-order valence-electron chi connectivity index (χ4n) is 2.92. The van der Waals surface area contributed by atoms with Gasteiger partial charge in [0.1, 0.15) is 18.2 Å². The number of halogens is 1.